The van der Waals surface area contributed by atoms with Gasteiger partial charge in [0.25, 0.3) is 5.95 Å². The van der Waals surface area contributed by atoms with Gasteiger partial charge in [-0.2, -0.15) is 19.6 Å². The fourth-order valence-electron chi connectivity index (χ4n) is 2.07. The van der Waals surface area contributed by atoms with Crippen LogP contribution in [0.3, 0.4) is 0 Å². The Kier molecular flexibility index (Phi) is 6.07. The summed E-state index contributed by atoms with van der Waals surface area (Å²) >= 11 is 1.52. The molecule has 27 heavy (non-hydrogen) atoms. The number of thioether (sulfide) groups is 1. The molecule has 0 unspecified atom stereocenters. The van der Waals surface area contributed by atoms with Crippen LogP contribution in [-0.2, 0) is 0 Å². The number of benzene rings is 1. The van der Waals surface area contributed by atoms with E-state index in [0.717, 1.165) is 11.5 Å². The molecule has 9 nitrogen and oxygen atoms in total. The molecule has 0 fully saturated rings. The average molecular weight is 386 g/mol. The zero-order chi connectivity index (χ0) is 19.2. The first-order valence-electron chi connectivity index (χ1n) is 8.36. The lowest BCUT2D eigenvalue weighted by molar-refractivity contribution is 0.344. The number of hydrogen-bond donors (Lipinski definition) is 0. The van der Waals surface area contributed by atoms with E-state index in [4.69, 9.17) is 4.74 Å². The van der Waals surface area contributed by atoms with Gasteiger partial charge in [0.2, 0.25) is 17.1 Å². The summed E-state index contributed by atoms with van der Waals surface area (Å²) < 4.78 is 7.23. The van der Waals surface area contributed by atoms with Gasteiger partial charge in [-0.05, 0) is 12.1 Å². The lowest BCUT2D eigenvalue weighted by Crippen LogP contribution is -2.20. The molecular formula is C17H22N8OS. The van der Waals surface area contributed by atoms with E-state index in [-0.39, 0.29) is 0 Å². The van der Waals surface area contributed by atoms with E-state index >= 15 is 0 Å². The average Bonchev–Trinajstić information content (AvgIpc) is 3.14. The van der Waals surface area contributed by atoms with Gasteiger partial charge in [0.05, 0.1) is 6.61 Å². The molecule has 0 bridgehead atoms. The van der Waals surface area contributed by atoms with Gasteiger partial charge in [-0.1, -0.05) is 30.0 Å². The van der Waals surface area contributed by atoms with E-state index in [1.165, 1.54) is 11.8 Å². The molecule has 3 aromatic rings. The fourth-order valence-corrected chi connectivity index (χ4v) is 2.68. The zero-order valence-electron chi connectivity index (χ0n) is 15.8. The largest absolute Gasteiger partial charge is 0.493 e. The molecule has 3 rings (SSSR count). The Labute approximate surface area is 162 Å². The Hall–Kier alpha value is -2.88. The first-order chi connectivity index (χ1) is 13.0. The highest BCUT2D eigenvalue weighted by Crippen LogP contribution is 2.16. The molecule has 10 heteroatoms. The molecule has 2 heterocycles. The van der Waals surface area contributed by atoms with Crippen LogP contribution in [0, 0.1) is 0 Å². The Morgan fingerprint density at radius 2 is 1.63 bits per heavy atom. The lowest BCUT2D eigenvalue weighted by atomic mass is 10.3. The molecular weight excluding hydrogens is 364 g/mol. The van der Waals surface area contributed by atoms with Crippen molar-refractivity contribution in [1.82, 2.24) is 29.7 Å². The smallest absolute Gasteiger partial charge is 0.258 e. The van der Waals surface area contributed by atoms with Crippen LogP contribution in [0.1, 0.15) is 0 Å². The summed E-state index contributed by atoms with van der Waals surface area (Å²) in [5.74, 6) is 3.14. The van der Waals surface area contributed by atoms with Crippen molar-refractivity contribution in [3.63, 3.8) is 0 Å². The highest BCUT2D eigenvalue weighted by molar-refractivity contribution is 7.99. The number of anilines is 2. The third-order valence-corrected chi connectivity index (χ3v) is 4.22. The summed E-state index contributed by atoms with van der Waals surface area (Å²) in [4.78, 5) is 21.2. The van der Waals surface area contributed by atoms with Gasteiger partial charge in [0.1, 0.15) is 12.1 Å². The molecule has 2 aromatic heterocycles. The van der Waals surface area contributed by atoms with Crippen molar-refractivity contribution in [2.75, 3.05) is 50.4 Å². The summed E-state index contributed by atoms with van der Waals surface area (Å²) in [5.41, 5.74) is 0. The molecule has 0 saturated heterocycles. The highest BCUT2D eigenvalue weighted by atomic mass is 32.2. The molecule has 142 valence electrons. The molecule has 0 aliphatic carbocycles. The molecule has 0 aliphatic heterocycles. The van der Waals surface area contributed by atoms with Crippen molar-refractivity contribution in [3.8, 4) is 11.7 Å². The van der Waals surface area contributed by atoms with Crippen molar-refractivity contribution in [3.05, 3.63) is 36.7 Å². The van der Waals surface area contributed by atoms with E-state index < -0.39 is 0 Å². The van der Waals surface area contributed by atoms with Crippen molar-refractivity contribution in [2.24, 2.45) is 0 Å². The van der Waals surface area contributed by atoms with Crippen LogP contribution in [0.4, 0.5) is 11.9 Å². The maximum atomic E-state index is 5.68. The third kappa shape index (κ3) is 5.07. The minimum atomic E-state index is 0.428. The summed E-state index contributed by atoms with van der Waals surface area (Å²) in [5, 5.41) is 5.09. The SMILES string of the molecule is CN(C)c1nc(N(C)C)nc(-n2cnc(SCCOc3ccccc3)n2)n1. The maximum absolute atomic E-state index is 5.68. The molecule has 0 N–H and O–H groups in total. The number of hydrogen-bond acceptors (Lipinski definition) is 9. The number of rotatable bonds is 8. The van der Waals surface area contributed by atoms with Gasteiger partial charge >= 0.3 is 0 Å². The molecule has 1 aromatic carbocycles. The molecule has 0 aliphatic rings. The lowest BCUT2D eigenvalue weighted by Gasteiger charge is -2.15. The second-order valence-electron chi connectivity index (χ2n) is 6.01. The zero-order valence-corrected chi connectivity index (χ0v) is 16.6. The highest BCUT2D eigenvalue weighted by Gasteiger charge is 2.13. The second-order valence-corrected chi connectivity index (χ2v) is 7.07. The maximum Gasteiger partial charge on any atom is 0.258 e. The molecule has 0 amide bonds. The second kappa shape index (κ2) is 8.67. The van der Waals surface area contributed by atoms with Crippen LogP contribution < -0.4 is 14.5 Å². The Morgan fingerprint density at radius 3 is 2.26 bits per heavy atom. The topological polar surface area (TPSA) is 85.1 Å². The van der Waals surface area contributed by atoms with Crippen LogP contribution in [0.2, 0.25) is 0 Å². The normalized spacial score (nSPS) is 10.7. The number of ether oxygens (including phenoxy) is 1. The van der Waals surface area contributed by atoms with E-state index in [1.807, 2.05) is 68.3 Å². The van der Waals surface area contributed by atoms with Crippen LogP contribution >= 0.6 is 11.8 Å². The quantitative estimate of drug-likeness (QED) is 0.424. The van der Waals surface area contributed by atoms with Gasteiger partial charge in [-0.25, -0.2) is 4.98 Å². The van der Waals surface area contributed by atoms with Crippen molar-refractivity contribution in [1.29, 1.82) is 0 Å². The van der Waals surface area contributed by atoms with Crippen molar-refractivity contribution >= 4 is 23.7 Å². The van der Waals surface area contributed by atoms with Gasteiger partial charge in [0, 0.05) is 33.9 Å². The standard InChI is InChI=1S/C17H22N8OS/c1-23(2)14-19-15(24(3)4)21-16(20-14)25-12-18-17(22-25)27-11-10-26-13-8-6-5-7-9-13/h5-9,12H,10-11H2,1-4H3. The van der Waals surface area contributed by atoms with E-state index in [1.54, 1.807) is 11.0 Å². The fraction of sp³-hybridized carbons (Fsp3) is 0.353. The number of nitrogens with zero attached hydrogens (tertiary/aromatic N) is 8. The van der Waals surface area contributed by atoms with Crippen molar-refractivity contribution < 1.29 is 4.74 Å². The van der Waals surface area contributed by atoms with Gasteiger partial charge in [-0.15, -0.1) is 5.10 Å². The minimum Gasteiger partial charge on any atom is -0.493 e. The van der Waals surface area contributed by atoms with Crippen LogP contribution in [0.5, 0.6) is 5.75 Å². The third-order valence-electron chi connectivity index (χ3n) is 3.40. The number of aromatic nitrogens is 6. The van der Waals surface area contributed by atoms with Crippen LogP contribution in [0.25, 0.3) is 5.95 Å². The van der Waals surface area contributed by atoms with Gasteiger partial charge < -0.3 is 14.5 Å². The number of para-hydroxylation sites is 1. The van der Waals surface area contributed by atoms with Crippen LogP contribution in [-0.4, -0.2) is 70.3 Å². The van der Waals surface area contributed by atoms with Gasteiger partial charge in [-0.3, -0.25) is 0 Å². The van der Waals surface area contributed by atoms with Gasteiger partial charge in [0.15, 0.2) is 0 Å². The van der Waals surface area contributed by atoms with E-state index in [0.29, 0.717) is 29.6 Å². The van der Waals surface area contributed by atoms with Crippen molar-refractivity contribution in [2.45, 2.75) is 5.16 Å². The van der Waals surface area contributed by atoms with E-state index in [2.05, 4.69) is 25.0 Å². The minimum absolute atomic E-state index is 0.428. The predicted molar refractivity (Wildman–Crippen MR) is 106 cm³/mol. The molecule has 0 radical (unpaired) electrons. The van der Waals surface area contributed by atoms with Crippen LogP contribution in [0.15, 0.2) is 41.8 Å². The first-order valence-corrected chi connectivity index (χ1v) is 9.35. The summed E-state index contributed by atoms with van der Waals surface area (Å²) in [6.07, 6.45) is 1.61. The summed E-state index contributed by atoms with van der Waals surface area (Å²) in [6.45, 7) is 0.574. The first kappa shape index (κ1) is 18.9. The Bertz CT molecular complexity index is 842. The summed E-state index contributed by atoms with van der Waals surface area (Å²) in [7, 11) is 7.53. The van der Waals surface area contributed by atoms with E-state index in [9.17, 15) is 0 Å². The summed E-state index contributed by atoms with van der Waals surface area (Å²) in [6, 6.07) is 9.73. The molecule has 0 spiro atoms. The Balaban J connectivity index is 1.64. The molecule has 0 saturated carbocycles. The monoisotopic (exact) mass is 386 g/mol. The predicted octanol–water partition coefficient (Wildman–Crippen LogP) is 1.76. The molecule has 0 atom stereocenters. The Morgan fingerprint density at radius 1 is 0.963 bits per heavy atom.